The zero-order valence-corrected chi connectivity index (χ0v) is 11.8. The minimum absolute atomic E-state index is 0.182. The van der Waals surface area contributed by atoms with E-state index in [1.54, 1.807) is 17.9 Å². The summed E-state index contributed by atoms with van der Waals surface area (Å²) in [5.74, 6) is 0.398. The van der Waals surface area contributed by atoms with Crippen molar-refractivity contribution in [3.8, 4) is 0 Å². The van der Waals surface area contributed by atoms with Crippen LogP contribution in [0.5, 0.6) is 0 Å². The topological polar surface area (TPSA) is 46.9 Å². The maximum Gasteiger partial charge on any atom is 0.255 e. The van der Waals surface area contributed by atoms with E-state index in [0.29, 0.717) is 12.0 Å². The summed E-state index contributed by atoms with van der Waals surface area (Å²) in [5, 5.41) is 6.93. The zero-order valence-electron chi connectivity index (χ0n) is 10.3. The molecule has 0 aliphatic rings. The first kappa shape index (κ1) is 14.3. The van der Waals surface area contributed by atoms with Gasteiger partial charge < -0.3 is 5.32 Å². The summed E-state index contributed by atoms with van der Waals surface area (Å²) < 4.78 is 1.66. The number of carbonyl (C=O) groups is 1. The Balaban J connectivity index is 2.88. The van der Waals surface area contributed by atoms with Crippen molar-refractivity contribution < 1.29 is 4.79 Å². The van der Waals surface area contributed by atoms with Crippen molar-refractivity contribution in [2.75, 3.05) is 11.8 Å². The molecule has 0 radical (unpaired) electrons. The first-order valence-electron chi connectivity index (χ1n) is 5.42. The molecule has 0 aliphatic carbocycles. The number of alkyl halides is 2. The largest absolute Gasteiger partial charge is 0.344 e. The average Bonchev–Trinajstić information content (AvgIpc) is 2.67. The molecule has 96 valence electrons. The van der Waals surface area contributed by atoms with Gasteiger partial charge in [0.1, 0.15) is 0 Å². The molecule has 4 nitrogen and oxygen atoms in total. The first-order valence-corrected chi connectivity index (χ1v) is 6.49. The maximum absolute atomic E-state index is 12.1. The van der Waals surface area contributed by atoms with Crippen molar-refractivity contribution in [3.05, 3.63) is 17.5 Å². The average molecular weight is 278 g/mol. The van der Waals surface area contributed by atoms with Gasteiger partial charge in [-0.3, -0.25) is 9.48 Å². The Kier molecular flexibility index (Phi) is 4.83. The van der Waals surface area contributed by atoms with Gasteiger partial charge in [-0.2, -0.15) is 5.10 Å². The van der Waals surface area contributed by atoms with Gasteiger partial charge in [-0.25, -0.2) is 0 Å². The summed E-state index contributed by atoms with van der Waals surface area (Å²) in [7, 11) is 1.79. The molecule has 0 aromatic carbocycles. The lowest BCUT2D eigenvalue weighted by molar-refractivity contribution is 0.0913. The standard InChI is InChI=1S/C11H17Cl2N3O/c1-4-11(6-12,7-13)15-10(17)9-5-14-16(3)8(9)2/h5H,4,6-7H2,1-3H3,(H,15,17). The van der Waals surface area contributed by atoms with Crippen molar-refractivity contribution in [2.24, 2.45) is 7.05 Å². The van der Waals surface area contributed by atoms with Crippen LogP contribution in [0.25, 0.3) is 0 Å². The number of hydrogen-bond acceptors (Lipinski definition) is 2. The third kappa shape index (κ3) is 2.93. The van der Waals surface area contributed by atoms with Gasteiger partial charge in [-0.05, 0) is 13.3 Å². The van der Waals surface area contributed by atoms with E-state index in [1.807, 2.05) is 13.8 Å². The minimum atomic E-state index is -0.553. The molecule has 1 rings (SSSR count). The van der Waals surface area contributed by atoms with Crippen LogP contribution in [0.2, 0.25) is 0 Å². The van der Waals surface area contributed by atoms with Crippen LogP contribution in [0.4, 0.5) is 0 Å². The number of nitrogens with one attached hydrogen (secondary N) is 1. The third-order valence-corrected chi connectivity index (χ3v) is 4.07. The van der Waals surface area contributed by atoms with Crippen LogP contribution in [0, 0.1) is 6.92 Å². The summed E-state index contributed by atoms with van der Waals surface area (Å²) in [6, 6.07) is 0. The molecule has 1 heterocycles. The van der Waals surface area contributed by atoms with Crippen LogP contribution < -0.4 is 5.32 Å². The molecule has 0 fully saturated rings. The fourth-order valence-corrected chi connectivity index (χ4v) is 2.21. The van der Waals surface area contributed by atoms with Gasteiger partial charge >= 0.3 is 0 Å². The van der Waals surface area contributed by atoms with Crippen LogP contribution in [0.1, 0.15) is 29.4 Å². The molecule has 0 atom stereocenters. The molecule has 0 aliphatic heterocycles. The van der Waals surface area contributed by atoms with Crippen molar-refractivity contribution in [3.63, 3.8) is 0 Å². The first-order chi connectivity index (χ1) is 7.99. The smallest absolute Gasteiger partial charge is 0.255 e. The second-order valence-electron chi connectivity index (χ2n) is 4.12. The van der Waals surface area contributed by atoms with Crippen LogP contribution in [-0.4, -0.2) is 33.0 Å². The molecule has 6 heteroatoms. The normalized spacial score (nSPS) is 11.6. The van der Waals surface area contributed by atoms with Crippen molar-refractivity contribution in [1.82, 2.24) is 15.1 Å². The van der Waals surface area contributed by atoms with E-state index in [-0.39, 0.29) is 17.7 Å². The molecule has 1 amide bonds. The van der Waals surface area contributed by atoms with E-state index in [9.17, 15) is 4.79 Å². The number of rotatable bonds is 5. The molecular weight excluding hydrogens is 261 g/mol. The Hall–Kier alpha value is -0.740. The van der Waals surface area contributed by atoms with Crippen molar-refractivity contribution in [2.45, 2.75) is 25.8 Å². The zero-order chi connectivity index (χ0) is 13.1. The van der Waals surface area contributed by atoms with Gasteiger partial charge in [0, 0.05) is 24.5 Å². The van der Waals surface area contributed by atoms with E-state index >= 15 is 0 Å². The molecule has 1 aromatic rings. The Bertz CT molecular complexity index is 391. The van der Waals surface area contributed by atoms with Gasteiger partial charge in [0.15, 0.2) is 0 Å². The summed E-state index contributed by atoms with van der Waals surface area (Å²) in [6.07, 6.45) is 2.23. The van der Waals surface area contributed by atoms with Crippen LogP contribution in [0.3, 0.4) is 0 Å². The molecule has 0 spiro atoms. The Morgan fingerprint density at radius 3 is 2.47 bits per heavy atom. The number of hydrogen-bond donors (Lipinski definition) is 1. The number of nitrogens with zero attached hydrogens (tertiary/aromatic N) is 2. The van der Waals surface area contributed by atoms with E-state index in [4.69, 9.17) is 23.2 Å². The van der Waals surface area contributed by atoms with Crippen molar-refractivity contribution in [1.29, 1.82) is 0 Å². The highest BCUT2D eigenvalue weighted by Crippen LogP contribution is 2.16. The van der Waals surface area contributed by atoms with E-state index in [0.717, 1.165) is 5.69 Å². The quantitative estimate of drug-likeness (QED) is 0.838. The second-order valence-corrected chi connectivity index (χ2v) is 4.66. The predicted octanol–water partition coefficient (Wildman–Crippen LogP) is 2.08. The number of aromatic nitrogens is 2. The van der Waals surface area contributed by atoms with Crippen molar-refractivity contribution >= 4 is 29.1 Å². The van der Waals surface area contributed by atoms with Crippen LogP contribution in [-0.2, 0) is 7.05 Å². The summed E-state index contributed by atoms with van der Waals surface area (Å²) >= 11 is 11.8. The molecule has 1 aromatic heterocycles. The molecule has 0 saturated carbocycles. The Morgan fingerprint density at radius 1 is 1.53 bits per heavy atom. The number of halogens is 2. The molecule has 0 saturated heterocycles. The lowest BCUT2D eigenvalue weighted by Gasteiger charge is -2.29. The molecular formula is C11H17Cl2N3O. The van der Waals surface area contributed by atoms with E-state index in [2.05, 4.69) is 10.4 Å². The molecule has 17 heavy (non-hydrogen) atoms. The number of carbonyl (C=O) groups excluding carboxylic acids is 1. The number of aryl methyl sites for hydroxylation is 1. The molecule has 1 N–H and O–H groups in total. The fraction of sp³-hybridized carbons (Fsp3) is 0.636. The fourth-order valence-electron chi connectivity index (χ4n) is 1.41. The highest BCUT2D eigenvalue weighted by Gasteiger charge is 2.29. The van der Waals surface area contributed by atoms with Gasteiger partial charge in [-0.15, -0.1) is 23.2 Å². The van der Waals surface area contributed by atoms with Crippen LogP contribution in [0.15, 0.2) is 6.20 Å². The lowest BCUT2D eigenvalue weighted by Crippen LogP contribution is -2.51. The van der Waals surface area contributed by atoms with Gasteiger partial charge in [0.25, 0.3) is 5.91 Å². The van der Waals surface area contributed by atoms with Gasteiger partial charge in [0.2, 0.25) is 0 Å². The van der Waals surface area contributed by atoms with E-state index < -0.39 is 5.54 Å². The van der Waals surface area contributed by atoms with E-state index in [1.165, 1.54) is 0 Å². The van der Waals surface area contributed by atoms with Gasteiger partial charge in [0.05, 0.1) is 17.3 Å². The highest BCUT2D eigenvalue weighted by molar-refractivity contribution is 6.22. The summed E-state index contributed by atoms with van der Waals surface area (Å²) in [5.41, 5.74) is 0.819. The minimum Gasteiger partial charge on any atom is -0.344 e. The van der Waals surface area contributed by atoms with Crippen LogP contribution >= 0.6 is 23.2 Å². The molecule has 0 bridgehead atoms. The highest BCUT2D eigenvalue weighted by atomic mass is 35.5. The predicted molar refractivity (Wildman–Crippen MR) is 69.9 cm³/mol. The lowest BCUT2D eigenvalue weighted by atomic mass is 10.0. The van der Waals surface area contributed by atoms with Gasteiger partial charge in [-0.1, -0.05) is 6.92 Å². The third-order valence-electron chi connectivity index (χ3n) is 3.05. The number of amides is 1. The summed E-state index contributed by atoms with van der Waals surface area (Å²) in [6.45, 7) is 3.79. The Morgan fingerprint density at radius 2 is 2.12 bits per heavy atom. The second kappa shape index (κ2) is 5.74. The summed E-state index contributed by atoms with van der Waals surface area (Å²) in [4.78, 5) is 12.1. The SMILES string of the molecule is CCC(CCl)(CCl)NC(=O)c1cnn(C)c1C. The molecule has 0 unspecified atom stereocenters. The Labute approximate surface area is 111 Å². The monoisotopic (exact) mass is 277 g/mol. The maximum atomic E-state index is 12.1.